The van der Waals surface area contributed by atoms with Gasteiger partial charge in [0.2, 0.25) is 0 Å². The molecule has 0 amide bonds. The first kappa shape index (κ1) is 9.39. The van der Waals surface area contributed by atoms with Crippen molar-refractivity contribution in [3.63, 3.8) is 0 Å². The minimum Gasteiger partial charge on any atom is -0.387 e. The Balaban J connectivity index is 1.81. The maximum absolute atomic E-state index is 4.08. The molecule has 0 aliphatic rings. The number of aromatic amines is 1. The molecule has 2 aromatic rings. The fourth-order valence-corrected chi connectivity index (χ4v) is 1.11. The molecule has 5 heteroatoms. The Labute approximate surface area is 87.2 Å². The van der Waals surface area contributed by atoms with E-state index in [4.69, 9.17) is 0 Å². The Morgan fingerprint density at radius 2 is 2.13 bits per heavy atom. The molecule has 5 nitrogen and oxygen atoms in total. The summed E-state index contributed by atoms with van der Waals surface area (Å²) in [7, 11) is 0. The van der Waals surface area contributed by atoms with Crippen molar-refractivity contribution in [2.45, 2.75) is 0 Å². The molecule has 0 spiro atoms. The lowest BCUT2D eigenvalue weighted by atomic mass is 10.2. The van der Waals surface area contributed by atoms with E-state index < -0.39 is 0 Å². The van der Waals surface area contributed by atoms with Crippen LogP contribution >= 0.6 is 0 Å². The lowest BCUT2D eigenvalue weighted by Crippen LogP contribution is -1.78. The number of H-pyrrole nitrogens is 1. The summed E-state index contributed by atoms with van der Waals surface area (Å²) in [6.45, 7) is 0.550. The fourth-order valence-electron chi connectivity index (χ4n) is 1.11. The van der Waals surface area contributed by atoms with Gasteiger partial charge in [-0.3, -0.25) is 15.4 Å². The third-order valence-corrected chi connectivity index (χ3v) is 1.78. The maximum Gasteiger partial charge on any atom is 0.0617 e. The van der Waals surface area contributed by atoms with Crippen LogP contribution in [0.4, 0.5) is 5.95 Å². The Morgan fingerprint density at radius 1 is 1.27 bits per heavy atom. The van der Waals surface area contributed by atoms with Gasteiger partial charge < -0.3 is 5.32 Å². The van der Waals surface area contributed by atoms with Crippen LogP contribution in [-0.4, -0.2) is 27.2 Å². The van der Waals surface area contributed by atoms with Crippen LogP contribution in [-0.2, 0) is 0 Å². The van der Waals surface area contributed by atoms with Crippen molar-refractivity contribution in [3.05, 3.63) is 47.3 Å². The minimum absolute atomic E-state index is 0.382. The third kappa shape index (κ3) is 2.91. The molecule has 1 aromatic heterocycles. The summed E-state index contributed by atoms with van der Waals surface area (Å²) < 4.78 is 0. The fraction of sp³-hybridized carbons (Fsp3) is 0.100. The summed E-state index contributed by atoms with van der Waals surface area (Å²) in [4.78, 5) is 0. The van der Waals surface area contributed by atoms with Crippen molar-refractivity contribution in [1.82, 2.24) is 20.6 Å². The number of nitrogens with one attached hydrogen (secondary N) is 1. The molecule has 0 bridgehead atoms. The molecular formula is C10H10N5-. The molecule has 0 saturated carbocycles. The second-order valence-corrected chi connectivity index (χ2v) is 2.87. The summed E-state index contributed by atoms with van der Waals surface area (Å²) in [5.41, 5.74) is 1.15. The zero-order chi connectivity index (χ0) is 10.3. The summed E-state index contributed by atoms with van der Waals surface area (Å²) in [5, 5.41) is 17.2. The highest BCUT2D eigenvalue weighted by atomic mass is 15.5. The lowest BCUT2D eigenvalue weighted by molar-refractivity contribution is 0.881. The van der Waals surface area contributed by atoms with E-state index in [9.17, 15) is 0 Å². The van der Waals surface area contributed by atoms with Crippen LogP contribution < -0.4 is 0 Å². The van der Waals surface area contributed by atoms with E-state index >= 15 is 0 Å². The van der Waals surface area contributed by atoms with Crippen molar-refractivity contribution in [2.24, 2.45) is 0 Å². The van der Waals surface area contributed by atoms with Gasteiger partial charge in [0.25, 0.3) is 0 Å². The molecule has 2 rings (SSSR count). The van der Waals surface area contributed by atoms with Crippen molar-refractivity contribution < 1.29 is 0 Å². The average molecular weight is 200 g/mol. The standard InChI is InChI=1S/C10H10N5/c1-2-5-9(6-3-1)7-4-8-11-10-12-14-15-13-10/h1-7H,8H2,(H-,11,12,13,14,15)/q-1/b7-4+. The van der Waals surface area contributed by atoms with Crippen LogP contribution in [0.1, 0.15) is 5.56 Å². The average Bonchev–Trinajstić information content (AvgIpc) is 2.79. The predicted octanol–water partition coefficient (Wildman–Crippen LogP) is 1.92. The van der Waals surface area contributed by atoms with Gasteiger partial charge in [0, 0.05) is 0 Å². The van der Waals surface area contributed by atoms with E-state index in [-0.39, 0.29) is 0 Å². The van der Waals surface area contributed by atoms with Gasteiger partial charge in [-0.15, -0.1) is 5.21 Å². The van der Waals surface area contributed by atoms with Crippen LogP contribution in [0.3, 0.4) is 0 Å². The highest BCUT2D eigenvalue weighted by molar-refractivity contribution is 5.50. The van der Waals surface area contributed by atoms with Crippen molar-refractivity contribution in [2.75, 3.05) is 6.54 Å². The molecule has 0 fully saturated rings. The normalized spacial score (nSPS) is 10.7. The number of rotatable bonds is 4. The number of tetrazole rings is 1. The number of hydrogen-bond acceptors (Lipinski definition) is 3. The molecule has 0 saturated heterocycles. The number of aromatic nitrogens is 4. The zero-order valence-electron chi connectivity index (χ0n) is 8.04. The molecule has 0 radical (unpaired) electrons. The molecule has 1 N–H and O–H groups in total. The van der Waals surface area contributed by atoms with Gasteiger partial charge in [-0.05, 0) is 12.1 Å². The zero-order valence-corrected chi connectivity index (χ0v) is 8.04. The summed E-state index contributed by atoms with van der Waals surface area (Å²) >= 11 is 0. The molecule has 15 heavy (non-hydrogen) atoms. The predicted molar refractivity (Wildman–Crippen MR) is 57.5 cm³/mol. The number of benzene rings is 1. The molecule has 1 heterocycles. The first-order valence-corrected chi connectivity index (χ1v) is 4.58. The molecule has 0 unspecified atom stereocenters. The maximum atomic E-state index is 4.08. The van der Waals surface area contributed by atoms with Crippen LogP contribution in [0.15, 0.2) is 36.4 Å². The van der Waals surface area contributed by atoms with Crippen molar-refractivity contribution >= 4 is 12.0 Å². The molecule has 1 aromatic carbocycles. The Bertz CT molecular complexity index is 407. The van der Waals surface area contributed by atoms with Crippen molar-refractivity contribution in [3.8, 4) is 0 Å². The summed E-state index contributed by atoms with van der Waals surface area (Å²) in [6, 6.07) is 10.0. The van der Waals surface area contributed by atoms with Crippen LogP contribution in [0.25, 0.3) is 11.4 Å². The van der Waals surface area contributed by atoms with E-state index in [1.54, 1.807) is 0 Å². The van der Waals surface area contributed by atoms with Gasteiger partial charge in [-0.2, -0.15) is 0 Å². The van der Waals surface area contributed by atoms with E-state index in [1.165, 1.54) is 0 Å². The third-order valence-electron chi connectivity index (χ3n) is 1.78. The summed E-state index contributed by atoms with van der Waals surface area (Å²) in [5.74, 6) is 0.382. The summed E-state index contributed by atoms with van der Waals surface area (Å²) in [6.07, 6.45) is 3.95. The van der Waals surface area contributed by atoms with E-state index in [2.05, 4.69) is 25.9 Å². The lowest BCUT2D eigenvalue weighted by Gasteiger charge is -2.01. The van der Waals surface area contributed by atoms with Gasteiger partial charge in [0.15, 0.2) is 0 Å². The van der Waals surface area contributed by atoms with E-state index in [0.717, 1.165) is 5.56 Å². The topological polar surface area (TPSA) is 68.6 Å². The van der Waals surface area contributed by atoms with Gasteiger partial charge >= 0.3 is 0 Å². The highest BCUT2D eigenvalue weighted by Gasteiger charge is 1.83. The Morgan fingerprint density at radius 3 is 2.87 bits per heavy atom. The second-order valence-electron chi connectivity index (χ2n) is 2.87. The first-order valence-electron chi connectivity index (χ1n) is 4.58. The van der Waals surface area contributed by atoms with Gasteiger partial charge in [0.1, 0.15) is 0 Å². The molecule has 0 aliphatic heterocycles. The van der Waals surface area contributed by atoms with Crippen molar-refractivity contribution in [1.29, 1.82) is 0 Å². The van der Waals surface area contributed by atoms with Gasteiger partial charge in [-0.25, -0.2) is 0 Å². The quantitative estimate of drug-likeness (QED) is 0.819. The van der Waals surface area contributed by atoms with E-state index in [1.807, 2.05) is 42.5 Å². The second kappa shape index (κ2) is 4.90. The highest BCUT2D eigenvalue weighted by Crippen LogP contribution is 2.07. The number of hydrogen-bond donors (Lipinski definition) is 1. The molecule has 76 valence electrons. The van der Waals surface area contributed by atoms with Crippen LogP contribution in [0, 0.1) is 0 Å². The first-order chi connectivity index (χ1) is 7.45. The smallest absolute Gasteiger partial charge is 0.0617 e. The van der Waals surface area contributed by atoms with E-state index in [0.29, 0.717) is 12.5 Å². The Hall–Kier alpha value is -2.17. The van der Waals surface area contributed by atoms with Crippen LogP contribution in [0.2, 0.25) is 0 Å². The van der Waals surface area contributed by atoms with Gasteiger partial charge in [0.05, 0.1) is 5.95 Å². The SMILES string of the molecule is C(=C\c1ccccc1)/C[N-]c1nn[nH]n1. The minimum atomic E-state index is 0.382. The van der Waals surface area contributed by atoms with Gasteiger partial charge in [-0.1, -0.05) is 42.5 Å². The van der Waals surface area contributed by atoms with Crippen LogP contribution in [0.5, 0.6) is 0 Å². The monoisotopic (exact) mass is 200 g/mol. The largest absolute Gasteiger partial charge is 0.387 e. The molecular weight excluding hydrogens is 190 g/mol. The number of nitrogens with zero attached hydrogens (tertiary/aromatic N) is 4. The molecule has 0 aliphatic carbocycles. The molecule has 0 atom stereocenters. The Kier molecular flexibility index (Phi) is 3.07.